The lowest BCUT2D eigenvalue weighted by atomic mass is 10.1. The van der Waals surface area contributed by atoms with Crippen molar-refractivity contribution >= 4 is 11.9 Å². The van der Waals surface area contributed by atoms with E-state index in [2.05, 4.69) is 17.1 Å². The van der Waals surface area contributed by atoms with E-state index in [1.54, 1.807) is 6.92 Å². The van der Waals surface area contributed by atoms with Gasteiger partial charge in [0.15, 0.2) is 0 Å². The van der Waals surface area contributed by atoms with E-state index >= 15 is 0 Å². The number of rotatable bonds is 18. The molecule has 1 N–H and O–H groups in total. The first-order chi connectivity index (χ1) is 13.0. The molecule has 0 aliphatic carbocycles. The summed E-state index contributed by atoms with van der Waals surface area (Å²) < 4.78 is 5.10. The fourth-order valence-corrected chi connectivity index (χ4v) is 3.14. The Kier molecular flexibility index (Phi) is 17.5. The van der Waals surface area contributed by atoms with Crippen LogP contribution in [0.2, 0.25) is 0 Å². The summed E-state index contributed by atoms with van der Waals surface area (Å²) in [4.78, 5) is 26.3. The van der Waals surface area contributed by atoms with Gasteiger partial charge in [-0.2, -0.15) is 0 Å². The van der Waals surface area contributed by atoms with Crippen LogP contribution >= 0.6 is 0 Å². The molecule has 0 saturated carbocycles. The standard InChI is InChI=1S/C22H44N2O3/c1-5-7-8-9-10-11-12-13-14-15-18-21(25)23-20(22(26)27-6-2)17-16-19-24(3)4/h20H,5-19H2,1-4H3,(H,23,25). The molecule has 0 spiro atoms. The van der Waals surface area contributed by atoms with Crippen LogP contribution < -0.4 is 5.32 Å². The third kappa shape index (κ3) is 16.8. The number of carbonyl (C=O) groups is 2. The number of esters is 1. The summed E-state index contributed by atoms with van der Waals surface area (Å²) in [5, 5.41) is 2.87. The maximum absolute atomic E-state index is 12.2. The number of ether oxygens (including phenoxy) is 1. The highest BCUT2D eigenvalue weighted by atomic mass is 16.5. The Balaban J connectivity index is 3.86. The molecule has 0 aromatic heterocycles. The zero-order chi connectivity index (χ0) is 20.3. The predicted molar refractivity (Wildman–Crippen MR) is 113 cm³/mol. The molecule has 0 aliphatic rings. The van der Waals surface area contributed by atoms with Crippen LogP contribution in [0.15, 0.2) is 0 Å². The third-order valence-electron chi connectivity index (χ3n) is 4.76. The van der Waals surface area contributed by atoms with Crippen molar-refractivity contribution in [1.82, 2.24) is 10.2 Å². The SMILES string of the molecule is CCCCCCCCCCCCC(=O)NC(CCCN(C)C)C(=O)OCC. The molecule has 0 rings (SSSR count). The van der Waals surface area contributed by atoms with E-state index in [1.165, 1.54) is 51.4 Å². The van der Waals surface area contributed by atoms with Gasteiger partial charge in [0.1, 0.15) is 6.04 Å². The summed E-state index contributed by atoms with van der Waals surface area (Å²) in [7, 11) is 4.01. The monoisotopic (exact) mass is 384 g/mol. The second kappa shape index (κ2) is 18.3. The van der Waals surface area contributed by atoms with Crippen molar-refractivity contribution in [2.75, 3.05) is 27.2 Å². The van der Waals surface area contributed by atoms with Gasteiger partial charge in [-0.25, -0.2) is 4.79 Å². The highest BCUT2D eigenvalue weighted by Gasteiger charge is 2.21. The van der Waals surface area contributed by atoms with Gasteiger partial charge in [-0.3, -0.25) is 4.79 Å². The Labute approximate surface area is 167 Å². The van der Waals surface area contributed by atoms with Gasteiger partial charge in [-0.05, 0) is 46.8 Å². The minimum atomic E-state index is -0.513. The quantitative estimate of drug-likeness (QED) is 0.275. The van der Waals surface area contributed by atoms with Crippen molar-refractivity contribution in [2.45, 2.75) is 103 Å². The van der Waals surface area contributed by atoms with E-state index < -0.39 is 6.04 Å². The summed E-state index contributed by atoms with van der Waals surface area (Å²) in [5.74, 6) is -0.342. The zero-order valence-electron chi connectivity index (χ0n) is 18.4. The van der Waals surface area contributed by atoms with Crippen LogP contribution in [0.1, 0.15) is 97.3 Å². The molecule has 160 valence electrons. The minimum Gasteiger partial charge on any atom is -0.464 e. The molecule has 5 nitrogen and oxygen atoms in total. The molecule has 0 radical (unpaired) electrons. The minimum absolute atomic E-state index is 0.0301. The van der Waals surface area contributed by atoms with Gasteiger partial charge in [0, 0.05) is 6.42 Å². The number of amides is 1. The first-order valence-corrected chi connectivity index (χ1v) is 11.1. The Morgan fingerprint density at radius 1 is 0.852 bits per heavy atom. The average Bonchev–Trinajstić information content (AvgIpc) is 2.62. The van der Waals surface area contributed by atoms with E-state index in [1.807, 2.05) is 14.1 Å². The Morgan fingerprint density at radius 2 is 1.41 bits per heavy atom. The van der Waals surface area contributed by atoms with Crippen LogP contribution in [0.4, 0.5) is 0 Å². The first-order valence-electron chi connectivity index (χ1n) is 11.1. The number of nitrogens with zero attached hydrogens (tertiary/aromatic N) is 1. The summed E-state index contributed by atoms with van der Waals surface area (Å²) in [6.45, 7) is 5.27. The second-order valence-corrected chi connectivity index (χ2v) is 7.75. The van der Waals surface area contributed by atoms with Crippen LogP contribution in [0, 0.1) is 0 Å². The molecule has 0 fully saturated rings. The average molecular weight is 385 g/mol. The third-order valence-corrected chi connectivity index (χ3v) is 4.76. The maximum Gasteiger partial charge on any atom is 0.328 e. The highest BCUT2D eigenvalue weighted by Crippen LogP contribution is 2.11. The van der Waals surface area contributed by atoms with Crippen molar-refractivity contribution < 1.29 is 14.3 Å². The molecule has 1 amide bonds. The summed E-state index contributed by atoms with van der Waals surface area (Å²) in [6.07, 6.45) is 14.5. The first kappa shape index (κ1) is 25.9. The van der Waals surface area contributed by atoms with E-state index in [-0.39, 0.29) is 11.9 Å². The summed E-state index contributed by atoms with van der Waals surface area (Å²) in [6, 6.07) is -0.513. The lowest BCUT2D eigenvalue weighted by Crippen LogP contribution is -2.42. The summed E-state index contributed by atoms with van der Waals surface area (Å²) in [5.41, 5.74) is 0. The van der Waals surface area contributed by atoms with Crippen molar-refractivity contribution in [3.05, 3.63) is 0 Å². The van der Waals surface area contributed by atoms with Crippen LogP contribution in [-0.2, 0) is 14.3 Å². The van der Waals surface area contributed by atoms with Gasteiger partial charge in [-0.15, -0.1) is 0 Å². The van der Waals surface area contributed by atoms with E-state index in [4.69, 9.17) is 4.74 Å². The Bertz CT molecular complexity index is 373. The fourth-order valence-electron chi connectivity index (χ4n) is 3.14. The van der Waals surface area contributed by atoms with Gasteiger partial charge >= 0.3 is 5.97 Å². The summed E-state index contributed by atoms with van der Waals surface area (Å²) >= 11 is 0. The molecule has 1 atom stereocenters. The molecule has 0 heterocycles. The lowest BCUT2D eigenvalue weighted by Gasteiger charge is -2.18. The number of hydrogen-bond donors (Lipinski definition) is 1. The van der Waals surface area contributed by atoms with Crippen molar-refractivity contribution in [3.63, 3.8) is 0 Å². The highest BCUT2D eigenvalue weighted by molar-refractivity contribution is 5.84. The van der Waals surface area contributed by atoms with Crippen molar-refractivity contribution in [1.29, 1.82) is 0 Å². The van der Waals surface area contributed by atoms with Gasteiger partial charge < -0.3 is 15.0 Å². The molecule has 5 heteroatoms. The lowest BCUT2D eigenvalue weighted by molar-refractivity contribution is -0.147. The zero-order valence-corrected chi connectivity index (χ0v) is 18.4. The van der Waals surface area contributed by atoms with Gasteiger partial charge in [0.2, 0.25) is 5.91 Å². The van der Waals surface area contributed by atoms with Crippen molar-refractivity contribution in [2.24, 2.45) is 0 Å². The molecule has 27 heavy (non-hydrogen) atoms. The topological polar surface area (TPSA) is 58.6 Å². The van der Waals surface area contributed by atoms with Crippen LogP contribution in [-0.4, -0.2) is 50.1 Å². The molecule has 0 saturated heterocycles. The van der Waals surface area contributed by atoms with E-state index in [0.717, 1.165) is 25.8 Å². The van der Waals surface area contributed by atoms with E-state index in [9.17, 15) is 9.59 Å². The molecule has 0 aromatic carbocycles. The number of carbonyl (C=O) groups excluding carboxylic acids is 2. The molecule has 0 aliphatic heterocycles. The predicted octanol–water partition coefficient (Wildman–Crippen LogP) is 4.69. The Morgan fingerprint density at radius 3 is 1.93 bits per heavy atom. The Hall–Kier alpha value is -1.10. The smallest absolute Gasteiger partial charge is 0.328 e. The van der Waals surface area contributed by atoms with Crippen LogP contribution in [0.25, 0.3) is 0 Å². The van der Waals surface area contributed by atoms with Gasteiger partial charge in [-0.1, -0.05) is 64.7 Å². The van der Waals surface area contributed by atoms with Gasteiger partial charge in [0.25, 0.3) is 0 Å². The number of nitrogens with one attached hydrogen (secondary N) is 1. The molecular weight excluding hydrogens is 340 g/mol. The largest absolute Gasteiger partial charge is 0.464 e. The molecule has 0 bridgehead atoms. The molecule has 1 unspecified atom stereocenters. The maximum atomic E-state index is 12.2. The number of hydrogen-bond acceptors (Lipinski definition) is 4. The van der Waals surface area contributed by atoms with Crippen LogP contribution in [0.5, 0.6) is 0 Å². The molecule has 0 aromatic rings. The second-order valence-electron chi connectivity index (χ2n) is 7.75. The van der Waals surface area contributed by atoms with Crippen molar-refractivity contribution in [3.8, 4) is 0 Å². The normalized spacial score (nSPS) is 12.2. The van der Waals surface area contributed by atoms with Crippen LogP contribution in [0.3, 0.4) is 0 Å². The van der Waals surface area contributed by atoms with Gasteiger partial charge in [0.05, 0.1) is 6.61 Å². The fraction of sp³-hybridized carbons (Fsp3) is 0.909. The van der Waals surface area contributed by atoms with E-state index in [0.29, 0.717) is 19.4 Å². The number of unbranched alkanes of at least 4 members (excludes halogenated alkanes) is 9. The molecular formula is C22H44N2O3.